The van der Waals surface area contributed by atoms with E-state index in [0.29, 0.717) is 25.7 Å². The first kappa shape index (κ1) is 15.4. The first-order valence-electron chi connectivity index (χ1n) is 7.14. The molecule has 1 atom stereocenters. The molecule has 1 saturated carbocycles. The standard InChI is InChI=1S/C14H27NO3/c1-3-17-13(16)14(2,15)10-7-11-18-12-8-5-4-6-9-12/h12H,3-11,15H2,1-2H3. The molecule has 0 amide bonds. The summed E-state index contributed by atoms with van der Waals surface area (Å²) in [6.07, 6.45) is 8.09. The van der Waals surface area contributed by atoms with E-state index in [1.54, 1.807) is 13.8 Å². The van der Waals surface area contributed by atoms with E-state index in [1.807, 2.05) is 0 Å². The second-order valence-corrected chi connectivity index (χ2v) is 5.37. The molecule has 0 spiro atoms. The summed E-state index contributed by atoms with van der Waals surface area (Å²) in [5.74, 6) is -0.317. The van der Waals surface area contributed by atoms with Crippen molar-refractivity contribution in [2.24, 2.45) is 5.73 Å². The van der Waals surface area contributed by atoms with E-state index in [9.17, 15) is 4.79 Å². The number of hydrogen-bond donors (Lipinski definition) is 1. The molecular weight excluding hydrogens is 230 g/mol. The van der Waals surface area contributed by atoms with Crippen LogP contribution in [0.2, 0.25) is 0 Å². The maximum atomic E-state index is 11.6. The Morgan fingerprint density at radius 1 is 1.33 bits per heavy atom. The number of esters is 1. The molecule has 0 aromatic heterocycles. The van der Waals surface area contributed by atoms with Gasteiger partial charge in [0.1, 0.15) is 5.54 Å². The maximum absolute atomic E-state index is 11.6. The highest BCUT2D eigenvalue weighted by atomic mass is 16.5. The molecule has 1 rings (SSSR count). The van der Waals surface area contributed by atoms with Crippen LogP contribution in [-0.2, 0) is 14.3 Å². The molecule has 0 aromatic rings. The monoisotopic (exact) mass is 257 g/mol. The molecular formula is C14H27NO3. The van der Waals surface area contributed by atoms with Crippen molar-refractivity contribution in [3.8, 4) is 0 Å². The lowest BCUT2D eigenvalue weighted by Crippen LogP contribution is -2.46. The van der Waals surface area contributed by atoms with Crippen molar-refractivity contribution >= 4 is 5.97 Å². The van der Waals surface area contributed by atoms with Crippen molar-refractivity contribution in [3.63, 3.8) is 0 Å². The number of nitrogens with two attached hydrogens (primary N) is 1. The molecule has 1 aliphatic carbocycles. The van der Waals surface area contributed by atoms with Crippen molar-refractivity contribution in [2.45, 2.75) is 70.4 Å². The minimum Gasteiger partial charge on any atom is -0.465 e. The quantitative estimate of drug-likeness (QED) is 0.562. The molecule has 0 aromatic carbocycles. The maximum Gasteiger partial charge on any atom is 0.325 e. The molecule has 0 bridgehead atoms. The average Bonchev–Trinajstić information content (AvgIpc) is 2.36. The molecule has 18 heavy (non-hydrogen) atoms. The summed E-state index contributed by atoms with van der Waals surface area (Å²) in [6, 6.07) is 0. The van der Waals surface area contributed by atoms with Gasteiger partial charge in [-0.25, -0.2) is 0 Å². The molecule has 0 saturated heterocycles. The van der Waals surface area contributed by atoms with Crippen LogP contribution in [0.3, 0.4) is 0 Å². The second kappa shape index (κ2) is 7.74. The Kier molecular flexibility index (Phi) is 6.65. The summed E-state index contributed by atoms with van der Waals surface area (Å²) < 4.78 is 10.8. The van der Waals surface area contributed by atoms with Gasteiger partial charge in [0, 0.05) is 6.61 Å². The van der Waals surface area contributed by atoms with Gasteiger partial charge >= 0.3 is 5.97 Å². The lowest BCUT2D eigenvalue weighted by atomic mass is 9.97. The van der Waals surface area contributed by atoms with E-state index in [-0.39, 0.29) is 5.97 Å². The fourth-order valence-electron chi connectivity index (χ4n) is 2.32. The highest BCUT2D eigenvalue weighted by molar-refractivity contribution is 5.79. The van der Waals surface area contributed by atoms with Gasteiger partial charge in [-0.15, -0.1) is 0 Å². The number of hydrogen-bond acceptors (Lipinski definition) is 4. The third kappa shape index (κ3) is 5.36. The average molecular weight is 257 g/mol. The summed E-state index contributed by atoms with van der Waals surface area (Å²) in [5, 5.41) is 0. The third-order valence-corrected chi connectivity index (χ3v) is 3.49. The van der Waals surface area contributed by atoms with E-state index in [0.717, 1.165) is 6.42 Å². The fraction of sp³-hybridized carbons (Fsp3) is 0.929. The normalized spacial score (nSPS) is 20.4. The van der Waals surface area contributed by atoms with Crippen molar-refractivity contribution < 1.29 is 14.3 Å². The zero-order valence-electron chi connectivity index (χ0n) is 11.7. The molecule has 0 aliphatic heterocycles. The van der Waals surface area contributed by atoms with Crippen LogP contribution in [0.4, 0.5) is 0 Å². The Bertz CT molecular complexity index is 247. The number of ether oxygens (including phenoxy) is 2. The third-order valence-electron chi connectivity index (χ3n) is 3.49. The highest BCUT2D eigenvalue weighted by Crippen LogP contribution is 2.21. The lowest BCUT2D eigenvalue weighted by Gasteiger charge is -2.24. The fourth-order valence-corrected chi connectivity index (χ4v) is 2.32. The zero-order valence-corrected chi connectivity index (χ0v) is 11.7. The molecule has 0 heterocycles. The summed E-state index contributed by atoms with van der Waals surface area (Å²) in [4.78, 5) is 11.6. The van der Waals surface area contributed by atoms with Crippen molar-refractivity contribution in [1.29, 1.82) is 0 Å². The zero-order chi connectivity index (χ0) is 13.4. The van der Waals surface area contributed by atoms with Gasteiger partial charge in [-0.1, -0.05) is 19.3 Å². The van der Waals surface area contributed by atoms with Crippen LogP contribution >= 0.6 is 0 Å². The van der Waals surface area contributed by atoms with Crippen LogP contribution in [0.5, 0.6) is 0 Å². The van der Waals surface area contributed by atoms with Gasteiger partial charge < -0.3 is 15.2 Å². The minimum absolute atomic E-state index is 0.317. The molecule has 4 heteroatoms. The SMILES string of the molecule is CCOC(=O)C(C)(N)CCCOC1CCCCC1. The van der Waals surface area contributed by atoms with Crippen LogP contribution in [0, 0.1) is 0 Å². The second-order valence-electron chi connectivity index (χ2n) is 5.37. The van der Waals surface area contributed by atoms with Crippen LogP contribution < -0.4 is 5.73 Å². The van der Waals surface area contributed by atoms with Crippen molar-refractivity contribution in [1.82, 2.24) is 0 Å². The molecule has 2 N–H and O–H groups in total. The lowest BCUT2D eigenvalue weighted by molar-refractivity contribution is -0.149. The van der Waals surface area contributed by atoms with E-state index in [4.69, 9.17) is 15.2 Å². The molecule has 1 unspecified atom stereocenters. The predicted molar refractivity (Wildman–Crippen MR) is 71.3 cm³/mol. The smallest absolute Gasteiger partial charge is 0.325 e. The van der Waals surface area contributed by atoms with E-state index < -0.39 is 5.54 Å². The Morgan fingerprint density at radius 3 is 2.61 bits per heavy atom. The van der Waals surface area contributed by atoms with Crippen LogP contribution in [0.25, 0.3) is 0 Å². The summed E-state index contributed by atoms with van der Waals surface area (Å²) in [7, 11) is 0. The topological polar surface area (TPSA) is 61.5 Å². The van der Waals surface area contributed by atoms with Crippen molar-refractivity contribution in [3.05, 3.63) is 0 Å². The van der Waals surface area contributed by atoms with Crippen LogP contribution in [-0.4, -0.2) is 30.8 Å². The van der Waals surface area contributed by atoms with Gasteiger partial charge in [0.2, 0.25) is 0 Å². The highest BCUT2D eigenvalue weighted by Gasteiger charge is 2.29. The molecule has 0 radical (unpaired) electrons. The molecule has 1 aliphatic rings. The Labute approximate surface area is 110 Å². The van der Waals surface area contributed by atoms with Crippen LogP contribution in [0.1, 0.15) is 58.8 Å². The summed E-state index contributed by atoms with van der Waals surface area (Å²) in [5.41, 5.74) is 5.05. The van der Waals surface area contributed by atoms with Crippen LogP contribution in [0.15, 0.2) is 0 Å². The summed E-state index contributed by atoms with van der Waals surface area (Å²) >= 11 is 0. The van der Waals surface area contributed by atoms with Gasteiger partial charge in [-0.3, -0.25) is 4.79 Å². The van der Waals surface area contributed by atoms with E-state index in [1.165, 1.54) is 32.1 Å². The largest absolute Gasteiger partial charge is 0.465 e. The number of carbonyl (C=O) groups excluding carboxylic acids is 1. The number of rotatable bonds is 7. The first-order valence-corrected chi connectivity index (χ1v) is 7.14. The Balaban J connectivity index is 2.13. The first-order chi connectivity index (χ1) is 8.56. The van der Waals surface area contributed by atoms with Gasteiger partial charge in [0.25, 0.3) is 0 Å². The van der Waals surface area contributed by atoms with E-state index in [2.05, 4.69) is 0 Å². The van der Waals surface area contributed by atoms with Gasteiger partial charge in [0.15, 0.2) is 0 Å². The minimum atomic E-state index is -0.883. The summed E-state index contributed by atoms with van der Waals surface area (Å²) in [6.45, 7) is 4.59. The molecule has 106 valence electrons. The van der Waals surface area contributed by atoms with Gasteiger partial charge in [0.05, 0.1) is 12.7 Å². The van der Waals surface area contributed by atoms with Gasteiger partial charge in [-0.05, 0) is 39.5 Å². The van der Waals surface area contributed by atoms with Crippen molar-refractivity contribution in [2.75, 3.05) is 13.2 Å². The molecule has 4 nitrogen and oxygen atoms in total. The Morgan fingerprint density at radius 2 is 2.00 bits per heavy atom. The molecule has 1 fully saturated rings. The predicted octanol–water partition coefficient (Wildman–Crippen LogP) is 2.40. The van der Waals surface area contributed by atoms with Gasteiger partial charge in [-0.2, -0.15) is 0 Å². The Hall–Kier alpha value is -0.610. The number of carbonyl (C=O) groups is 1. The van der Waals surface area contributed by atoms with E-state index >= 15 is 0 Å².